The first-order chi connectivity index (χ1) is 11.6. The fourth-order valence-corrected chi connectivity index (χ4v) is 2.77. The van der Waals surface area contributed by atoms with Gasteiger partial charge < -0.3 is 4.74 Å². The average Bonchev–Trinajstić information content (AvgIpc) is 3.22. The van der Waals surface area contributed by atoms with Crippen molar-refractivity contribution in [2.75, 3.05) is 0 Å². The second-order valence-electron chi connectivity index (χ2n) is 5.36. The van der Waals surface area contributed by atoms with Gasteiger partial charge in [0.15, 0.2) is 5.82 Å². The molecular formula is C18H17N3O2S. The molecule has 0 spiro atoms. The highest BCUT2D eigenvalue weighted by atomic mass is 32.1. The Morgan fingerprint density at radius 1 is 1.21 bits per heavy atom. The molecule has 0 aliphatic heterocycles. The van der Waals surface area contributed by atoms with Crippen molar-refractivity contribution in [2.24, 2.45) is 0 Å². The molecule has 122 valence electrons. The first-order valence-electron chi connectivity index (χ1n) is 7.58. The molecule has 0 fully saturated rings. The average molecular weight is 339 g/mol. The van der Waals surface area contributed by atoms with Crippen LogP contribution in [0, 0.1) is 0 Å². The van der Waals surface area contributed by atoms with Crippen LogP contribution in [-0.4, -0.2) is 26.8 Å². The SMILES string of the molecule is CC(C)Oc1nc(-c2cccs2)n(C(=O)C=Cc2ccccc2)n1. The molecule has 0 atom stereocenters. The number of allylic oxidation sites excluding steroid dienone is 1. The van der Waals surface area contributed by atoms with E-state index in [2.05, 4.69) is 10.1 Å². The molecule has 0 aliphatic carbocycles. The number of carbonyl (C=O) groups is 1. The minimum absolute atomic E-state index is 0.0630. The molecule has 3 rings (SSSR count). The molecule has 0 unspecified atom stereocenters. The number of aromatic nitrogens is 3. The van der Waals surface area contributed by atoms with Gasteiger partial charge in [-0.1, -0.05) is 36.4 Å². The molecule has 0 saturated heterocycles. The summed E-state index contributed by atoms with van der Waals surface area (Å²) in [7, 11) is 0. The van der Waals surface area contributed by atoms with Crippen LogP contribution in [0.1, 0.15) is 24.2 Å². The van der Waals surface area contributed by atoms with Gasteiger partial charge >= 0.3 is 6.01 Å². The summed E-state index contributed by atoms with van der Waals surface area (Å²) in [5, 5.41) is 6.14. The second-order valence-corrected chi connectivity index (χ2v) is 6.30. The van der Waals surface area contributed by atoms with Crippen molar-refractivity contribution in [3.05, 3.63) is 59.5 Å². The van der Waals surface area contributed by atoms with Crippen molar-refractivity contribution in [3.8, 4) is 16.7 Å². The van der Waals surface area contributed by atoms with Crippen LogP contribution in [-0.2, 0) is 0 Å². The summed E-state index contributed by atoms with van der Waals surface area (Å²) in [5.74, 6) is 0.219. The van der Waals surface area contributed by atoms with Crippen LogP contribution >= 0.6 is 11.3 Å². The van der Waals surface area contributed by atoms with E-state index in [-0.39, 0.29) is 18.0 Å². The first kappa shape index (κ1) is 16.1. The standard InChI is InChI=1S/C18H17N3O2S/c1-13(2)23-18-19-17(15-9-6-12-24-15)21(20-18)16(22)11-10-14-7-4-3-5-8-14/h3-13H,1-2H3. The van der Waals surface area contributed by atoms with Crippen molar-refractivity contribution in [3.63, 3.8) is 0 Å². The second kappa shape index (κ2) is 7.23. The number of hydrogen-bond acceptors (Lipinski definition) is 5. The summed E-state index contributed by atoms with van der Waals surface area (Å²) in [4.78, 5) is 17.8. The molecule has 6 heteroatoms. The third-order valence-electron chi connectivity index (χ3n) is 3.10. The third-order valence-corrected chi connectivity index (χ3v) is 3.96. The molecule has 0 saturated carbocycles. The van der Waals surface area contributed by atoms with Crippen LogP contribution in [0.3, 0.4) is 0 Å². The highest BCUT2D eigenvalue weighted by Gasteiger charge is 2.18. The maximum Gasteiger partial charge on any atom is 0.336 e. The molecule has 1 aromatic carbocycles. The maximum absolute atomic E-state index is 12.6. The molecule has 2 heterocycles. The summed E-state index contributed by atoms with van der Waals surface area (Å²) in [5.41, 5.74) is 0.947. The summed E-state index contributed by atoms with van der Waals surface area (Å²) in [6.07, 6.45) is 3.18. The van der Waals surface area contributed by atoms with Gasteiger partial charge in [-0.05, 0) is 36.9 Å². The zero-order valence-electron chi connectivity index (χ0n) is 13.4. The van der Waals surface area contributed by atoms with Crippen LogP contribution in [0.25, 0.3) is 16.8 Å². The molecule has 0 amide bonds. The lowest BCUT2D eigenvalue weighted by Gasteiger charge is -2.02. The summed E-state index contributed by atoms with van der Waals surface area (Å²) in [6.45, 7) is 3.78. The Hall–Kier alpha value is -2.73. The van der Waals surface area contributed by atoms with Crippen molar-refractivity contribution < 1.29 is 9.53 Å². The number of nitrogens with zero attached hydrogens (tertiary/aromatic N) is 3. The van der Waals surface area contributed by atoms with E-state index >= 15 is 0 Å². The largest absolute Gasteiger partial charge is 0.460 e. The molecule has 2 aromatic heterocycles. The van der Waals surface area contributed by atoms with Crippen LogP contribution in [0.2, 0.25) is 0 Å². The van der Waals surface area contributed by atoms with Crippen molar-refractivity contribution in [1.29, 1.82) is 0 Å². The summed E-state index contributed by atoms with van der Waals surface area (Å²) in [6, 6.07) is 13.6. The molecule has 3 aromatic rings. The topological polar surface area (TPSA) is 57.0 Å². The number of rotatable bonds is 5. The van der Waals surface area contributed by atoms with E-state index in [1.807, 2.05) is 61.7 Å². The zero-order valence-corrected chi connectivity index (χ0v) is 14.2. The molecule has 0 radical (unpaired) electrons. The van der Waals surface area contributed by atoms with E-state index < -0.39 is 0 Å². The van der Waals surface area contributed by atoms with Gasteiger partial charge in [0.1, 0.15) is 0 Å². The van der Waals surface area contributed by atoms with Gasteiger partial charge in [-0.15, -0.1) is 16.4 Å². The Morgan fingerprint density at radius 3 is 2.67 bits per heavy atom. The monoisotopic (exact) mass is 339 g/mol. The molecule has 0 bridgehead atoms. The predicted molar refractivity (Wildman–Crippen MR) is 95.2 cm³/mol. The molecule has 5 nitrogen and oxygen atoms in total. The molecule has 0 aliphatic rings. The van der Waals surface area contributed by atoms with Gasteiger partial charge in [0.05, 0.1) is 11.0 Å². The third kappa shape index (κ3) is 3.78. The van der Waals surface area contributed by atoms with Gasteiger partial charge in [0.2, 0.25) is 0 Å². The lowest BCUT2D eigenvalue weighted by atomic mass is 10.2. The van der Waals surface area contributed by atoms with E-state index in [0.29, 0.717) is 5.82 Å². The number of thiophene rings is 1. The highest BCUT2D eigenvalue weighted by molar-refractivity contribution is 7.13. The van der Waals surface area contributed by atoms with E-state index in [0.717, 1.165) is 10.4 Å². The Bertz CT molecular complexity index is 837. The van der Waals surface area contributed by atoms with Crippen molar-refractivity contribution in [2.45, 2.75) is 20.0 Å². The fraction of sp³-hybridized carbons (Fsp3) is 0.167. The van der Waals surface area contributed by atoms with E-state index in [4.69, 9.17) is 4.74 Å². The minimum atomic E-state index is -0.270. The van der Waals surface area contributed by atoms with Gasteiger partial charge in [0.25, 0.3) is 5.91 Å². The van der Waals surface area contributed by atoms with Gasteiger partial charge in [0, 0.05) is 6.08 Å². The van der Waals surface area contributed by atoms with E-state index in [1.54, 1.807) is 6.08 Å². The quantitative estimate of drug-likeness (QED) is 0.655. The maximum atomic E-state index is 12.6. The lowest BCUT2D eigenvalue weighted by Crippen LogP contribution is -2.11. The van der Waals surface area contributed by atoms with Crippen LogP contribution in [0.15, 0.2) is 53.9 Å². The lowest BCUT2D eigenvalue weighted by molar-refractivity contribution is 0.0953. The van der Waals surface area contributed by atoms with Gasteiger partial charge in [-0.3, -0.25) is 4.79 Å². The van der Waals surface area contributed by atoms with Crippen molar-refractivity contribution >= 4 is 23.3 Å². The van der Waals surface area contributed by atoms with Gasteiger partial charge in [-0.25, -0.2) is 0 Å². The minimum Gasteiger partial charge on any atom is -0.460 e. The Kier molecular flexibility index (Phi) is 4.86. The Labute approximate surface area is 144 Å². The number of carbonyl (C=O) groups excluding carboxylic acids is 1. The smallest absolute Gasteiger partial charge is 0.336 e. The van der Waals surface area contributed by atoms with E-state index in [1.165, 1.54) is 22.1 Å². The van der Waals surface area contributed by atoms with Crippen LogP contribution in [0.5, 0.6) is 6.01 Å². The highest BCUT2D eigenvalue weighted by Crippen LogP contribution is 2.25. The number of ether oxygens (including phenoxy) is 1. The van der Waals surface area contributed by atoms with Crippen LogP contribution < -0.4 is 4.74 Å². The first-order valence-corrected chi connectivity index (χ1v) is 8.46. The summed E-state index contributed by atoms with van der Waals surface area (Å²) >= 11 is 1.50. The Morgan fingerprint density at radius 2 is 2.00 bits per heavy atom. The fourth-order valence-electron chi connectivity index (χ4n) is 2.08. The normalized spacial score (nSPS) is 11.3. The van der Waals surface area contributed by atoms with E-state index in [9.17, 15) is 4.79 Å². The van der Waals surface area contributed by atoms with Crippen LogP contribution in [0.4, 0.5) is 0 Å². The predicted octanol–water partition coefficient (Wildman–Crippen LogP) is 4.15. The van der Waals surface area contributed by atoms with Crippen molar-refractivity contribution in [1.82, 2.24) is 14.8 Å². The molecule has 24 heavy (non-hydrogen) atoms. The number of hydrogen-bond donors (Lipinski definition) is 0. The number of benzene rings is 1. The Balaban J connectivity index is 1.92. The molecule has 0 N–H and O–H groups in total. The van der Waals surface area contributed by atoms with Gasteiger partial charge in [-0.2, -0.15) is 9.67 Å². The zero-order chi connectivity index (χ0) is 16.9. The summed E-state index contributed by atoms with van der Waals surface area (Å²) < 4.78 is 6.81. The molecular weight excluding hydrogens is 322 g/mol.